The van der Waals surface area contributed by atoms with Crippen LogP contribution in [0.4, 0.5) is 0 Å². The molecule has 0 radical (unpaired) electrons. The summed E-state index contributed by atoms with van der Waals surface area (Å²) in [5.41, 5.74) is 6.91. The molecular formula is C14H13NOS. The van der Waals surface area contributed by atoms with Crippen molar-refractivity contribution in [1.29, 1.82) is 0 Å². The van der Waals surface area contributed by atoms with Crippen molar-refractivity contribution in [2.45, 2.75) is 12.5 Å². The largest absolute Gasteiger partial charge is 0.316 e. The summed E-state index contributed by atoms with van der Waals surface area (Å²) in [4.78, 5) is 1.28. The van der Waals surface area contributed by atoms with Gasteiger partial charge in [0.2, 0.25) is 0 Å². The number of fused-ring (bicyclic) bond motifs is 2. The highest BCUT2D eigenvalue weighted by molar-refractivity contribution is 7.10. The highest BCUT2D eigenvalue weighted by Crippen LogP contribution is 2.38. The third-order valence-electron chi connectivity index (χ3n) is 3.28. The zero-order valence-corrected chi connectivity index (χ0v) is 10.1. The number of rotatable bonds is 1. The van der Waals surface area contributed by atoms with Gasteiger partial charge in [0, 0.05) is 11.3 Å². The van der Waals surface area contributed by atoms with Gasteiger partial charge in [0.1, 0.15) is 0 Å². The summed E-state index contributed by atoms with van der Waals surface area (Å²) in [6.45, 7) is 4.20. The summed E-state index contributed by atoms with van der Waals surface area (Å²) in [5, 5.41) is 11.4. The highest BCUT2D eigenvalue weighted by atomic mass is 32.1. The number of hydrogen-bond acceptors (Lipinski definition) is 3. The van der Waals surface area contributed by atoms with Gasteiger partial charge >= 0.3 is 0 Å². The van der Waals surface area contributed by atoms with E-state index in [1.165, 1.54) is 10.4 Å². The summed E-state index contributed by atoms with van der Waals surface area (Å²) in [7, 11) is 0. The minimum Gasteiger partial charge on any atom is -0.316 e. The van der Waals surface area contributed by atoms with Crippen molar-refractivity contribution >= 4 is 16.9 Å². The van der Waals surface area contributed by atoms with E-state index >= 15 is 0 Å². The fraction of sp³-hybridized carbons (Fsp3) is 0.143. The van der Waals surface area contributed by atoms with E-state index in [1.54, 1.807) is 11.3 Å². The van der Waals surface area contributed by atoms with Crippen LogP contribution < -0.4 is 5.48 Å². The first-order chi connectivity index (χ1) is 8.31. The van der Waals surface area contributed by atoms with Gasteiger partial charge in [-0.1, -0.05) is 30.8 Å². The van der Waals surface area contributed by atoms with Crippen LogP contribution in [-0.2, 0) is 6.42 Å². The predicted octanol–water partition coefficient (Wildman–Crippen LogP) is 3.39. The Morgan fingerprint density at radius 2 is 2.06 bits per heavy atom. The minimum atomic E-state index is -0.0529. The van der Waals surface area contributed by atoms with Gasteiger partial charge in [-0.25, -0.2) is 0 Å². The van der Waals surface area contributed by atoms with E-state index < -0.39 is 0 Å². The van der Waals surface area contributed by atoms with Crippen LogP contribution in [0, 0.1) is 0 Å². The van der Waals surface area contributed by atoms with E-state index in [9.17, 15) is 5.21 Å². The van der Waals surface area contributed by atoms with Gasteiger partial charge < -0.3 is 5.21 Å². The normalized spacial score (nSPS) is 18.4. The molecule has 2 N–H and O–H groups in total. The van der Waals surface area contributed by atoms with Crippen LogP contribution in [0.5, 0.6) is 0 Å². The third-order valence-corrected chi connectivity index (χ3v) is 4.22. The average molecular weight is 243 g/mol. The van der Waals surface area contributed by atoms with Gasteiger partial charge in [0.25, 0.3) is 0 Å². The molecule has 1 aromatic heterocycles. The Hall–Kier alpha value is -1.42. The molecule has 3 rings (SSSR count). The maximum Gasteiger partial charge on any atom is 0.0623 e. The van der Waals surface area contributed by atoms with Gasteiger partial charge in [-0.2, -0.15) is 5.48 Å². The Kier molecular flexibility index (Phi) is 2.59. The molecule has 17 heavy (non-hydrogen) atoms. The molecule has 2 aromatic rings. The fourth-order valence-corrected chi connectivity index (χ4v) is 3.35. The van der Waals surface area contributed by atoms with Gasteiger partial charge in [-0.05, 0) is 33.7 Å². The molecule has 1 atom stereocenters. The molecule has 1 aliphatic carbocycles. The summed E-state index contributed by atoms with van der Waals surface area (Å²) in [5.74, 6) is 0. The Bertz CT molecular complexity index is 573. The van der Waals surface area contributed by atoms with Crippen molar-refractivity contribution in [3.8, 4) is 0 Å². The van der Waals surface area contributed by atoms with E-state index in [4.69, 9.17) is 0 Å². The Morgan fingerprint density at radius 3 is 2.88 bits per heavy atom. The van der Waals surface area contributed by atoms with Crippen LogP contribution in [-0.4, -0.2) is 5.21 Å². The van der Waals surface area contributed by atoms with E-state index in [0.717, 1.165) is 23.1 Å². The molecule has 1 unspecified atom stereocenters. The number of hydroxylamine groups is 1. The minimum absolute atomic E-state index is 0.0529. The van der Waals surface area contributed by atoms with Crippen molar-refractivity contribution in [3.05, 3.63) is 63.9 Å². The first-order valence-corrected chi connectivity index (χ1v) is 6.44. The molecule has 0 spiro atoms. The molecule has 1 aliphatic rings. The molecule has 0 fully saturated rings. The topological polar surface area (TPSA) is 32.3 Å². The van der Waals surface area contributed by atoms with E-state index in [1.807, 2.05) is 18.2 Å². The summed E-state index contributed by atoms with van der Waals surface area (Å²) >= 11 is 1.72. The molecule has 0 saturated heterocycles. The summed E-state index contributed by atoms with van der Waals surface area (Å²) in [6.07, 6.45) is 0.805. The number of thiophene rings is 1. The molecule has 1 heterocycles. The summed E-state index contributed by atoms with van der Waals surface area (Å²) < 4.78 is 0. The SMILES string of the molecule is C=C1c2ccccc2C(NO)Cc2sccc21. The van der Waals surface area contributed by atoms with Crippen molar-refractivity contribution in [2.75, 3.05) is 0 Å². The number of benzene rings is 1. The summed E-state index contributed by atoms with van der Waals surface area (Å²) in [6, 6.07) is 10.2. The molecule has 0 bridgehead atoms. The van der Waals surface area contributed by atoms with Gasteiger partial charge in [0.15, 0.2) is 0 Å². The second-order valence-corrected chi connectivity index (χ2v) is 5.21. The van der Waals surface area contributed by atoms with Crippen LogP contribution in [0.25, 0.3) is 5.57 Å². The Balaban J connectivity index is 2.23. The number of hydrogen-bond donors (Lipinski definition) is 2. The van der Waals surface area contributed by atoms with Crippen LogP contribution in [0.1, 0.15) is 27.6 Å². The van der Waals surface area contributed by atoms with E-state index in [-0.39, 0.29) is 6.04 Å². The quantitative estimate of drug-likeness (QED) is 0.752. The number of nitrogens with one attached hydrogen (secondary N) is 1. The van der Waals surface area contributed by atoms with E-state index in [0.29, 0.717) is 0 Å². The van der Waals surface area contributed by atoms with Gasteiger partial charge in [-0.15, -0.1) is 11.3 Å². The molecule has 1 aromatic carbocycles. The Labute approximate surface area is 104 Å². The lowest BCUT2D eigenvalue weighted by Crippen LogP contribution is -2.19. The van der Waals surface area contributed by atoms with Crippen molar-refractivity contribution in [2.24, 2.45) is 0 Å². The third kappa shape index (κ3) is 1.63. The predicted molar refractivity (Wildman–Crippen MR) is 70.3 cm³/mol. The van der Waals surface area contributed by atoms with Crippen LogP contribution in [0.15, 0.2) is 42.3 Å². The lowest BCUT2D eigenvalue weighted by Gasteiger charge is -2.15. The molecule has 0 aliphatic heterocycles. The molecule has 0 saturated carbocycles. The first-order valence-electron chi connectivity index (χ1n) is 5.56. The zero-order chi connectivity index (χ0) is 11.8. The highest BCUT2D eigenvalue weighted by Gasteiger charge is 2.24. The van der Waals surface area contributed by atoms with Crippen molar-refractivity contribution in [3.63, 3.8) is 0 Å². The molecular weight excluding hydrogens is 230 g/mol. The van der Waals surface area contributed by atoms with Crippen LogP contribution in [0.2, 0.25) is 0 Å². The standard InChI is InChI=1S/C14H13NOS/c1-9-10-4-2-3-5-12(10)13(15-16)8-14-11(9)6-7-17-14/h2-7,13,15-16H,1,8H2. The monoisotopic (exact) mass is 243 g/mol. The molecule has 2 nitrogen and oxygen atoms in total. The maximum absolute atomic E-state index is 9.34. The second kappa shape index (κ2) is 4.11. The molecule has 3 heteroatoms. The van der Waals surface area contributed by atoms with Gasteiger partial charge in [-0.3, -0.25) is 0 Å². The lowest BCUT2D eigenvalue weighted by atomic mass is 9.96. The second-order valence-electron chi connectivity index (χ2n) is 4.21. The first kappa shape index (κ1) is 10.7. The van der Waals surface area contributed by atoms with Crippen LogP contribution >= 0.6 is 11.3 Å². The smallest absolute Gasteiger partial charge is 0.0623 e. The Morgan fingerprint density at radius 1 is 1.24 bits per heavy atom. The lowest BCUT2D eigenvalue weighted by molar-refractivity contribution is 0.126. The van der Waals surface area contributed by atoms with E-state index in [2.05, 4.69) is 29.6 Å². The van der Waals surface area contributed by atoms with Crippen molar-refractivity contribution in [1.82, 2.24) is 5.48 Å². The van der Waals surface area contributed by atoms with Crippen molar-refractivity contribution < 1.29 is 5.21 Å². The van der Waals surface area contributed by atoms with Gasteiger partial charge in [0.05, 0.1) is 6.04 Å². The fourth-order valence-electron chi connectivity index (χ4n) is 2.40. The maximum atomic E-state index is 9.34. The molecule has 86 valence electrons. The average Bonchev–Trinajstić information content (AvgIpc) is 2.79. The molecule has 0 amide bonds. The van der Waals surface area contributed by atoms with Crippen LogP contribution in [0.3, 0.4) is 0 Å². The zero-order valence-electron chi connectivity index (χ0n) is 9.31.